The maximum absolute atomic E-state index is 13.7. The molecule has 0 radical (unpaired) electrons. The zero-order valence-electron chi connectivity index (χ0n) is 19.2. The standard InChI is InChI=1S/C28H24FN3O3/c1-35-20-12-8-18(9-13-20)27-26-22(21-4-2-3-5-23(21)30-26)14-24-28(34)31(16-25(33)32(24)27)15-17-6-10-19(29)11-7-17/h2-13,24,27,30H,14-16H2,1H3/t24-,27-/m0/s1. The van der Waals surface area contributed by atoms with E-state index in [1.54, 1.807) is 29.0 Å². The third kappa shape index (κ3) is 3.55. The van der Waals surface area contributed by atoms with Crippen molar-refractivity contribution < 1.29 is 18.7 Å². The second-order valence-electron chi connectivity index (χ2n) is 9.08. The quantitative estimate of drug-likeness (QED) is 0.487. The van der Waals surface area contributed by atoms with Gasteiger partial charge in [-0.05, 0) is 47.0 Å². The molecule has 2 aliphatic rings. The highest BCUT2D eigenvalue weighted by atomic mass is 19.1. The van der Waals surface area contributed by atoms with Gasteiger partial charge in [-0.3, -0.25) is 9.59 Å². The zero-order chi connectivity index (χ0) is 24.1. The van der Waals surface area contributed by atoms with E-state index in [1.165, 1.54) is 12.1 Å². The van der Waals surface area contributed by atoms with Crippen LogP contribution in [0.3, 0.4) is 0 Å². The molecule has 0 spiro atoms. The number of rotatable bonds is 4. The topological polar surface area (TPSA) is 65.6 Å². The van der Waals surface area contributed by atoms with Crippen molar-refractivity contribution in [3.05, 3.63) is 101 Å². The number of hydrogen-bond acceptors (Lipinski definition) is 3. The number of para-hydroxylation sites is 1. The molecule has 0 unspecified atom stereocenters. The number of aromatic amines is 1. The number of aromatic nitrogens is 1. The van der Waals surface area contributed by atoms with Crippen molar-refractivity contribution in [2.75, 3.05) is 13.7 Å². The smallest absolute Gasteiger partial charge is 0.246 e. The number of amides is 2. The third-order valence-corrected chi connectivity index (χ3v) is 7.06. The summed E-state index contributed by atoms with van der Waals surface area (Å²) >= 11 is 0. The fourth-order valence-corrected chi connectivity index (χ4v) is 5.40. The predicted octanol–water partition coefficient (Wildman–Crippen LogP) is 4.20. The van der Waals surface area contributed by atoms with Crippen LogP contribution in [0.15, 0.2) is 72.8 Å². The van der Waals surface area contributed by atoms with Crippen LogP contribution in [-0.4, -0.2) is 46.3 Å². The molecule has 0 saturated carbocycles. The molecule has 176 valence electrons. The van der Waals surface area contributed by atoms with Crippen LogP contribution in [0.25, 0.3) is 10.9 Å². The molecule has 0 aliphatic carbocycles. The van der Waals surface area contributed by atoms with Gasteiger partial charge in [-0.15, -0.1) is 0 Å². The van der Waals surface area contributed by atoms with E-state index in [1.807, 2.05) is 42.5 Å². The van der Waals surface area contributed by atoms with Gasteiger partial charge in [0, 0.05) is 29.6 Å². The van der Waals surface area contributed by atoms with Gasteiger partial charge in [-0.1, -0.05) is 42.5 Å². The number of halogens is 1. The molecule has 3 heterocycles. The first-order valence-corrected chi connectivity index (χ1v) is 11.6. The number of carbonyl (C=O) groups excluding carboxylic acids is 2. The molecule has 1 aromatic heterocycles. The van der Waals surface area contributed by atoms with Gasteiger partial charge in [0.2, 0.25) is 11.8 Å². The van der Waals surface area contributed by atoms with Gasteiger partial charge in [-0.2, -0.15) is 0 Å². The summed E-state index contributed by atoms with van der Waals surface area (Å²) in [6.45, 7) is 0.248. The number of nitrogens with zero attached hydrogens (tertiary/aromatic N) is 2. The molecule has 4 aromatic rings. The van der Waals surface area contributed by atoms with Crippen LogP contribution >= 0.6 is 0 Å². The van der Waals surface area contributed by atoms with Crippen LogP contribution in [0.5, 0.6) is 5.75 Å². The molecule has 2 amide bonds. The Morgan fingerprint density at radius 2 is 1.74 bits per heavy atom. The van der Waals surface area contributed by atoms with Crippen LogP contribution in [0.1, 0.15) is 28.4 Å². The van der Waals surface area contributed by atoms with Crippen molar-refractivity contribution in [2.24, 2.45) is 0 Å². The van der Waals surface area contributed by atoms with E-state index < -0.39 is 12.1 Å². The van der Waals surface area contributed by atoms with Gasteiger partial charge in [0.15, 0.2) is 0 Å². The Morgan fingerprint density at radius 1 is 1.00 bits per heavy atom. The van der Waals surface area contributed by atoms with E-state index in [-0.39, 0.29) is 30.7 Å². The first-order valence-electron chi connectivity index (χ1n) is 11.6. The molecular formula is C28H24FN3O3. The zero-order valence-corrected chi connectivity index (χ0v) is 19.2. The maximum atomic E-state index is 13.7. The molecule has 3 aromatic carbocycles. The van der Waals surface area contributed by atoms with Crippen LogP contribution in [0.4, 0.5) is 4.39 Å². The van der Waals surface area contributed by atoms with Gasteiger partial charge in [0.05, 0.1) is 13.2 Å². The summed E-state index contributed by atoms with van der Waals surface area (Å²) in [6, 6.07) is 20.7. The Balaban J connectivity index is 1.43. The van der Waals surface area contributed by atoms with Crippen molar-refractivity contribution in [1.82, 2.24) is 14.8 Å². The molecule has 35 heavy (non-hydrogen) atoms. The summed E-state index contributed by atoms with van der Waals surface area (Å²) in [7, 11) is 1.62. The van der Waals surface area contributed by atoms with Crippen molar-refractivity contribution >= 4 is 22.7 Å². The Hall–Kier alpha value is -4.13. The normalized spacial score (nSPS) is 19.6. The number of fused-ring (bicyclic) bond motifs is 4. The number of H-pyrrole nitrogens is 1. The van der Waals surface area contributed by atoms with Crippen molar-refractivity contribution in [2.45, 2.75) is 25.0 Å². The van der Waals surface area contributed by atoms with Crippen LogP contribution < -0.4 is 4.74 Å². The number of benzene rings is 3. The highest BCUT2D eigenvalue weighted by Gasteiger charge is 2.48. The number of nitrogens with one attached hydrogen (secondary N) is 1. The first-order chi connectivity index (χ1) is 17.0. The average molecular weight is 470 g/mol. The van der Waals surface area contributed by atoms with Crippen molar-refractivity contribution in [3.63, 3.8) is 0 Å². The first kappa shape index (κ1) is 21.4. The second kappa shape index (κ2) is 8.27. The maximum Gasteiger partial charge on any atom is 0.246 e. The van der Waals surface area contributed by atoms with Crippen LogP contribution in [-0.2, 0) is 22.6 Å². The molecule has 0 bridgehead atoms. The highest BCUT2D eigenvalue weighted by molar-refractivity contribution is 5.97. The van der Waals surface area contributed by atoms with Gasteiger partial charge < -0.3 is 19.5 Å². The van der Waals surface area contributed by atoms with E-state index in [0.29, 0.717) is 6.42 Å². The molecule has 2 aliphatic heterocycles. The van der Waals surface area contributed by atoms with Crippen LogP contribution in [0.2, 0.25) is 0 Å². The fraction of sp³-hybridized carbons (Fsp3) is 0.214. The summed E-state index contributed by atoms with van der Waals surface area (Å²) in [5, 5.41) is 1.07. The fourth-order valence-electron chi connectivity index (χ4n) is 5.40. The lowest BCUT2D eigenvalue weighted by Gasteiger charge is -2.47. The van der Waals surface area contributed by atoms with Crippen molar-refractivity contribution in [3.8, 4) is 5.75 Å². The summed E-state index contributed by atoms with van der Waals surface area (Å²) in [5.74, 6) is 0.192. The molecular weight excluding hydrogens is 445 g/mol. The summed E-state index contributed by atoms with van der Waals surface area (Å²) < 4.78 is 18.7. The Labute approximate surface area is 201 Å². The largest absolute Gasteiger partial charge is 0.497 e. The lowest BCUT2D eigenvalue weighted by molar-refractivity contribution is -0.159. The van der Waals surface area contributed by atoms with Gasteiger partial charge in [0.1, 0.15) is 24.2 Å². The third-order valence-electron chi connectivity index (χ3n) is 7.06. The lowest BCUT2D eigenvalue weighted by Crippen LogP contribution is -2.62. The Kier molecular flexibility index (Phi) is 5.06. The molecule has 7 heteroatoms. The number of piperazine rings is 1. The average Bonchev–Trinajstić information content (AvgIpc) is 3.26. The number of ether oxygens (including phenoxy) is 1. The van der Waals surface area contributed by atoms with Crippen LogP contribution in [0, 0.1) is 5.82 Å². The lowest BCUT2D eigenvalue weighted by atomic mass is 9.86. The molecule has 1 saturated heterocycles. The minimum atomic E-state index is -0.615. The number of methoxy groups -OCH3 is 1. The number of hydrogen-bond donors (Lipinski definition) is 1. The van der Waals surface area contributed by atoms with E-state index in [0.717, 1.165) is 39.0 Å². The Bertz CT molecular complexity index is 1430. The van der Waals surface area contributed by atoms with E-state index >= 15 is 0 Å². The molecule has 6 nitrogen and oxygen atoms in total. The molecule has 6 rings (SSSR count). The number of carbonyl (C=O) groups is 2. The van der Waals surface area contributed by atoms with Gasteiger partial charge in [-0.25, -0.2) is 4.39 Å². The minimum Gasteiger partial charge on any atom is -0.497 e. The SMILES string of the molecule is COc1ccc([C@H]2c3[nH]c4ccccc4c3C[C@H]3C(=O)N(Cc4ccc(F)cc4)CC(=O)N23)cc1. The summed E-state index contributed by atoms with van der Waals surface area (Å²) in [4.78, 5) is 34.2. The molecule has 1 fully saturated rings. The monoisotopic (exact) mass is 469 g/mol. The summed E-state index contributed by atoms with van der Waals surface area (Å²) in [6.07, 6.45) is 0.441. The highest BCUT2D eigenvalue weighted by Crippen LogP contribution is 2.42. The predicted molar refractivity (Wildman–Crippen MR) is 129 cm³/mol. The Morgan fingerprint density at radius 3 is 2.49 bits per heavy atom. The second-order valence-corrected chi connectivity index (χ2v) is 9.08. The molecule has 1 N–H and O–H groups in total. The van der Waals surface area contributed by atoms with E-state index in [9.17, 15) is 14.0 Å². The van der Waals surface area contributed by atoms with E-state index in [4.69, 9.17) is 4.74 Å². The van der Waals surface area contributed by atoms with Gasteiger partial charge in [0.25, 0.3) is 0 Å². The van der Waals surface area contributed by atoms with Gasteiger partial charge >= 0.3 is 0 Å². The van der Waals surface area contributed by atoms with E-state index in [2.05, 4.69) is 11.1 Å². The van der Waals surface area contributed by atoms with Crippen molar-refractivity contribution in [1.29, 1.82) is 0 Å². The molecule has 2 atom stereocenters. The minimum absolute atomic E-state index is 0.0189. The summed E-state index contributed by atoms with van der Waals surface area (Å²) in [5.41, 5.74) is 4.69.